The first-order valence-electron chi connectivity index (χ1n) is 10.7. The van der Waals surface area contributed by atoms with E-state index in [4.69, 9.17) is 0 Å². The quantitative estimate of drug-likeness (QED) is 0.724. The van der Waals surface area contributed by atoms with Gasteiger partial charge in [0.2, 0.25) is 0 Å². The van der Waals surface area contributed by atoms with E-state index < -0.39 is 0 Å². The Labute approximate surface area is 173 Å². The van der Waals surface area contributed by atoms with Crippen molar-refractivity contribution in [2.75, 3.05) is 25.0 Å². The lowest BCUT2D eigenvalue weighted by molar-refractivity contribution is 0.0761. The SMILES string of the molecule is CCC(CNC(=O)Nc1ccc(C(=O)N2CCCCCC2)cc1)c1ccccc1. The molecule has 3 amide bonds. The Bertz CT molecular complexity index is 782. The molecule has 5 nitrogen and oxygen atoms in total. The van der Waals surface area contributed by atoms with Crippen LogP contribution in [0.15, 0.2) is 54.6 Å². The van der Waals surface area contributed by atoms with Gasteiger partial charge in [0.1, 0.15) is 0 Å². The van der Waals surface area contributed by atoms with Gasteiger partial charge in [-0.2, -0.15) is 0 Å². The van der Waals surface area contributed by atoms with Crippen molar-refractivity contribution in [1.82, 2.24) is 10.2 Å². The Morgan fingerprint density at radius 1 is 0.931 bits per heavy atom. The predicted octanol–water partition coefficient (Wildman–Crippen LogP) is 5.02. The zero-order valence-corrected chi connectivity index (χ0v) is 17.2. The molecule has 1 aliphatic rings. The average Bonchev–Trinajstić information content (AvgIpc) is 3.04. The number of likely N-dealkylation sites (tertiary alicyclic amines) is 1. The molecule has 1 heterocycles. The number of benzene rings is 2. The number of urea groups is 1. The van der Waals surface area contributed by atoms with Crippen LogP contribution >= 0.6 is 0 Å². The summed E-state index contributed by atoms with van der Waals surface area (Å²) in [4.78, 5) is 26.9. The molecule has 1 aliphatic heterocycles. The van der Waals surface area contributed by atoms with E-state index in [0.29, 0.717) is 17.8 Å². The van der Waals surface area contributed by atoms with Crippen LogP contribution in [0.25, 0.3) is 0 Å². The maximum Gasteiger partial charge on any atom is 0.319 e. The Morgan fingerprint density at radius 2 is 1.59 bits per heavy atom. The summed E-state index contributed by atoms with van der Waals surface area (Å²) in [6.07, 6.45) is 5.51. The van der Waals surface area contributed by atoms with Crippen molar-refractivity contribution in [3.05, 3.63) is 65.7 Å². The standard InChI is InChI=1S/C24H31N3O2/c1-2-19(20-10-6-5-7-11-20)18-25-24(29)26-22-14-12-21(13-15-22)23(28)27-16-8-3-4-9-17-27/h5-7,10-15,19H,2-4,8-9,16-18H2,1H3,(H2,25,26,29). The van der Waals surface area contributed by atoms with Gasteiger partial charge in [0.05, 0.1) is 0 Å². The number of nitrogens with zero attached hydrogens (tertiary/aromatic N) is 1. The summed E-state index contributed by atoms with van der Waals surface area (Å²) in [6, 6.07) is 17.2. The van der Waals surface area contributed by atoms with Crippen molar-refractivity contribution >= 4 is 17.6 Å². The minimum absolute atomic E-state index is 0.0801. The van der Waals surface area contributed by atoms with Gasteiger partial charge in [-0.05, 0) is 49.1 Å². The third-order valence-electron chi connectivity index (χ3n) is 5.56. The van der Waals surface area contributed by atoms with Gasteiger partial charge in [0.25, 0.3) is 5.91 Å². The first-order chi connectivity index (χ1) is 14.2. The molecule has 29 heavy (non-hydrogen) atoms. The fourth-order valence-corrected chi connectivity index (χ4v) is 3.77. The van der Waals surface area contributed by atoms with E-state index in [1.807, 2.05) is 23.1 Å². The molecule has 1 fully saturated rings. The monoisotopic (exact) mass is 393 g/mol. The molecule has 0 aromatic heterocycles. The van der Waals surface area contributed by atoms with Crippen LogP contribution in [0, 0.1) is 0 Å². The first-order valence-corrected chi connectivity index (χ1v) is 10.7. The smallest absolute Gasteiger partial charge is 0.319 e. The zero-order chi connectivity index (χ0) is 20.5. The molecule has 3 rings (SSSR count). The molecule has 5 heteroatoms. The minimum atomic E-state index is -0.231. The molecule has 1 saturated heterocycles. The Kier molecular flexibility index (Phi) is 7.68. The van der Waals surface area contributed by atoms with Crippen molar-refractivity contribution < 1.29 is 9.59 Å². The molecule has 2 aromatic rings. The zero-order valence-electron chi connectivity index (χ0n) is 17.2. The van der Waals surface area contributed by atoms with Gasteiger partial charge in [0, 0.05) is 36.8 Å². The Hall–Kier alpha value is -2.82. The normalized spacial score (nSPS) is 15.3. The number of amides is 3. The number of rotatable bonds is 6. The molecule has 154 valence electrons. The summed E-state index contributed by atoms with van der Waals surface area (Å²) < 4.78 is 0. The molecule has 1 unspecified atom stereocenters. The third kappa shape index (κ3) is 6.08. The highest BCUT2D eigenvalue weighted by atomic mass is 16.2. The van der Waals surface area contributed by atoms with E-state index in [-0.39, 0.29) is 17.9 Å². The molecule has 0 aliphatic carbocycles. The predicted molar refractivity (Wildman–Crippen MR) is 117 cm³/mol. The van der Waals surface area contributed by atoms with Crippen LogP contribution in [0.3, 0.4) is 0 Å². The second kappa shape index (κ2) is 10.6. The summed E-state index contributed by atoms with van der Waals surface area (Å²) in [5.41, 5.74) is 2.59. The maximum atomic E-state index is 12.7. The highest BCUT2D eigenvalue weighted by Crippen LogP contribution is 2.18. The number of hydrogen-bond donors (Lipinski definition) is 2. The molecule has 0 saturated carbocycles. The third-order valence-corrected chi connectivity index (χ3v) is 5.56. The molecule has 0 radical (unpaired) electrons. The maximum absolute atomic E-state index is 12.7. The van der Waals surface area contributed by atoms with E-state index in [9.17, 15) is 9.59 Å². The first kappa shape index (κ1) is 20.9. The molecular weight excluding hydrogens is 362 g/mol. The number of hydrogen-bond acceptors (Lipinski definition) is 2. The van der Waals surface area contributed by atoms with Crippen LogP contribution in [0.5, 0.6) is 0 Å². The van der Waals surface area contributed by atoms with E-state index >= 15 is 0 Å². The van der Waals surface area contributed by atoms with E-state index in [2.05, 4.69) is 29.7 Å². The summed E-state index contributed by atoms with van der Waals surface area (Å²) in [5, 5.41) is 5.81. The van der Waals surface area contributed by atoms with Gasteiger partial charge in [-0.1, -0.05) is 50.1 Å². The number of carbonyl (C=O) groups excluding carboxylic acids is 2. The molecule has 0 bridgehead atoms. The lowest BCUT2D eigenvalue weighted by Gasteiger charge is -2.20. The van der Waals surface area contributed by atoms with Crippen LogP contribution in [-0.2, 0) is 0 Å². The summed E-state index contributed by atoms with van der Waals surface area (Å²) in [6.45, 7) is 4.37. The van der Waals surface area contributed by atoms with Gasteiger partial charge >= 0.3 is 6.03 Å². The highest BCUT2D eigenvalue weighted by Gasteiger charge is 2.17. The number of anilines is 1. The highest BCUT2D eigenvalue weighted by molar-refractivity contribution is 5.95. The van der Waals surface area contributed by atoms with Gasteiger partial charge in [-0.15, -0.1) is 0 Å². The summed E-state index contributed by atoms with van der Waals surface area (Å²) >= 11 is 0. The van der Waals surface area contributed by atoms with Crippen LogP contribution < -0.4 is 10.6 Å². The van der Waals surface area contributed by atoms with Crippen molar-refractivity contribution in [3.8, 4) is 0 Å². The van der Waals surface area contributed by atoms with Crippen LogP contribution in [0.2, 0.25) is 0 Å². The number of nitrogens with one attached hydrogen (secondary N) is 2. The Morgan fingerprint density at radius 3 is 2.21 bits per heavy atom. The fourth-order valence-electron chi connectivity index (χ4n) is 3.77. The molecule has 1 atom stereocenters. The van der Waals surface area contributed by atoms with Crippen molar-refractivity contribution in [2.45, 2.75) is 44.9 Å². The summed E-state index contributed by atoms with van der Waals surface area (Å²) in [7, 11) is 0. The molecular formula is C24H31N3O2. The van der Waals surface area contributed by atoms with Crippen molar-refractivity contribution in [1.29, 1.82) is 0 Å². The van der Waals surface area contributed by atoms with Crippen LogP contribution in [-0.4, -0.2) is 36.5 Å². The second-order valence-electron chi connectivity index (χ2n) is 7.63. The van der Waals surface area contributed by atoms with E-state index in [1.165, 1.54) is 18.4 Å². The van der Waals surface area contributed by atoms with E-state index in [0.717, 1.165) is 32.4 Å². The van der Waals surface area contributed by atoms with Crippen LogP contribution in [0.1, 0.15) is 60.9 Å². The van der Waals surface area contributed by atoms with Gasteiger partial charge < -0.3 is 15.5 Å². The Balaban J connectivity index is 1.51. The summed E-state index contributed by atoms with van der Waals surface area (Å²) in [5.74, 6) is 0.368. The molecule has 0 spiro atoms. The lowest BCUT2D eigenvalue weighted by atomic mass is 9.97. The number of carbonyl (C=O) groups is 2. The van der Waals surface area contributed by atoms with Crippen molar-refractivity contribution in [3.63, 3.8) is 0 Å². The van der Waals surface area contributed by atoms with Gasteiger partial charge in [-0.3, -0.25) is 4.79 Å². The topological polar surface area (TPSA) is 61.4 Å². The average molecular weight is 394 g/mol. The fraction of sp³-hybridized carbons (Fsp3) is 0.417. The second-order valence-corrected chi connectivity index (χ2v) is 7.63. The van der Waals surface area contributed by atoms with Gasteiger partial charge in [-0.25, -0.2) is 4.79 Å². The van der Waals surface area contributed by atoms with Crippen molar-refractivity contribution in [2.24, 2.45) is 0 Å². The van der Waals surface area contributed by atoms with Crippen LogP contribution in [0.4, 0.5) is 10.5 Å². The molecule has 2 aromatic carbocycles. The minimum Gasteiger partial charge on any atom is -0.339 e. The van der Waals surface area contributed by atoms with E-state index in [1.54, 1.807) is 24.3 Å². The van der Waals surface area contributed by atoms with Gasteiger partial charge in [0.15, 0.2) is 0 Å². The molecule has 2 N–H and O–H groups in total. The largest absolute Gasteiger partial charge is 0.339 e. The lowest BCUT2D eigenvalue weighted by Crippen LogP contribution is -2.32.